The number of carboxylic acid groups (broad SMARTS) is 1. The van der Waals surface area contributed by atoms with E-state index in [0.29, 0.717) is 23.7 Å². The van der Waals surface area contributed by atoms with Crippen LogP contribution in [0, 0.1) is 0 Å². The quantitative estimate of drug-likeness (QED) is 0.468. The number of hydrogen-bond donors (Lipinski definition) is 1. The van der Waals surface area contributed by atoms with Gasteiger partial charge in [0.25, 0.3) is 0 Å². The molecule has 1 aromatic rings. The maximum absolute atomic E-state index is 10.8. The first-order chi connectivity index (χ1) is 7.63. The van der Waals surface area contributed by atoms with Gasteiger partial charge in [0.1, 0.15) is 0 Å². The maximum atomic E-state index is 10.8. The first kappa shape index (κ1) is 12.6. The van der Waals surface area contributed by atoms with Gasteiger partial charge in [-0.3, -0.25) is 4.79 Å². The van der Waals surface area contributed by atoms with E-state index in [4.69, 9.17) is 9.52 Å². The largest absolute Gasteiger partial charge is 0.475 e. The lowest BCUT2D eigenvalue weighted by Gasteiger charge is -1.98. The minimum atomic E-state index is -1.08. The molecule has 1 rings (SSSR count). The lowest BCUT2D eigenvalue weighted by atomic mass is 10.3. The van der Waals surface area contributed by atoms with Crippen molar-refractivity contribution in [3.8, 4) is 0 Å². The summed E-state index contributed by atoms with van der Waals surface area (Å²) in [6, 6.07) is 3.01. The van der Waals surface area contributed by atoms with Crippen LogP contribution in [0.15, 0.2) is 21.6 Å². The molecule has 0 fully saturated rings. The van der Waals surface area contributed by atoms with Crippen LogP contribution in [0.4, 0.5) is 0 Å². The first-order valence-electron chi connectivity index (χ1n) is 4.66. The maximum Gasteiger partial charge on any atom is 0.371 e. The fourth-order valence-electron chi connectivity index (χ4n) is 1.00. The predicted octanol–water partition coefficient (Wildman–Crippen LogP) is 2.02. The van der Waals surface area contributed by atoms with Crippen molar-refractivity contribution in [3.63, 3.8) is 0 Å². The molecular weight excluding hydrogens is 232 g/mol. The Morgan fingerprint density at radius 3 is 2.81 bits per heavy atom. The van der Waals surface area contributed by atoms with Crippen molar-refractivity contribution in [1.82, 2.24) is 0 Å². The average molecular weight is 244 g/mol. The molecule has 1 N–H and O–H groups in total. The van der Waals surface area contributed by atoms with Gasteiger partial charge in [-0.15, -0.1) is 0 Å². The van der Waals surface area contributed by atoms with E-state index in [2.05, 4.69) is 4.74 Å². The van der Waals surface area contributed by atoms with E-state index >= 15 is 0 Å². The van der Waals surface area contributed by atoms with E-state index in [1.807, 2.05) is 0 Å². The third-order valence-corrected chi connectivity index (χ3v) is 2.79. The molecular formula is C10H12O5S. The van der Waals surface area contributed by atoms with Crippen molar-refractivity contribution in [1.29, 1.82) is 0 Å². The van der Waals surface area contributed by atoms with E-state index in [0.717, 1.165) is 0 Å². The fraction of sp³-hybridized carbons (Fsp3) is 0.400. The molecule has 0 saturated carbocycles. The molecule has 5 nitrogen and oxygen atoms in total. The molecule has 0 aromatic carbocycles. The number of hydrogen-bond acceptors (Lipinski definition) is 5. The first-order valence-corrected chi connectivity index (χ1v) is 5.65. The zero-order valence-electron chi connectivity index (χ0n) is 8.76. The number of methoxy groups -OCH3 is 1. The van der Waals surface area contributed by atoms with E-state index < -0.39 is 5.97 Å². The summed E-state index contributed by atoms with van der Waals surface area (Å²) in [6.45, 7) is 0. The normalized spacial score (nSPS) is 10.1. The van der Waals surface area contributed by atoms with Gasteiger partial charge in [-0.05, 0) is 18.6 Å². The van der Waals surface area contributed by atoms with Crippen LogP contribution in [0.3, 0.4) is 0 Å². The van der Waals surface area contributed by atoms with E-state index in [1.54, 1.807) is 6.07 Å². The number of thioether (sulfide) groups is 1. The number of furan rings is 1. The van der Waals surface area contributed by atoms with Gasteiger partial charge in [-0.1, -0.05) is 11.8 Å². The number of rotatable bonds is 6. The van der Waals surface area contributed by atoms with Crippen molar-refractivity contribution in [3.05, 3.63) is 17.9 Å². The molecule has 0 bridgehead atoms. The fourth-order valence-corrected chi connectivity index (χ4v) is 1.81. The molecule has 0 spiro atoms. The van der Waals surface area contributed by atoms with Gasteiger partial charge in [0.05, 0.1) is 7.11 Å². The summed E-state index contributed by atoms with van der Waals surface area (Å²) in [5, 5.41) is 9.15. The Kier molecular flexibility index (Phi) is 4.91. The second kappa shape index (κ2) is 6.22. The van der Waals surface area contributed by atoms with Crippen molar-refractivity contribution < 1.29 is 23.8 Å². The summed E-state index contributed by atoms with van der Waals surface area (Å²) < 4.78 is 9.51. The monoisotopic (exact) mass is 244 g/mol. The summed E-state index contributed by atoms with van der Waals surface area (Å²) >= 11 is 1.37. The number of esters is 1. The Bertz CT molecular complexity index is 371. The summed E-state index contributed by atoms with van der Waals surface area (Å²) in [6.07, 6.45) is 1.02. The Hall–Kier alpha value is -1.43. The Morgan fingerprint density at radius 2 is 2.25 bits per heavy atom. The minimum Gasteiger partial charge on any atom is -0.475 e. The number of carboxylic acids is 1. The number of ether oxygens (including phenoxy) is 1. The van der Waals surface area contributed by atoms with Gasteiger partial charge in [-0.2, -0.15) is 0 Å². The number of carbonyl (C=O) groups is 2. The third kappa shape index (κ3) is 3.98. The van der Waals surface area contributed by atoms with Crippen LogP contribution in [0.5, 0.6) is 0 Å². The number of carbonyl (C=O) groups excluding carboxylic acids is 1. The van der Waals surface area contributed by atoms with Crippen LogP contribution in [0.25, 0.3) is 0 Å². The highest BCUT2D eigenvalue weighted by Gasteiger charge is 2.09. The molecule has 1 heterocycles. The standard InChI is InChI=1S/C10H12O5S/c1-14-8(11)3-2-6-16-9-5-4-7(15-9)10(12)13/h4-5H,2-3,6H2,1H3,(H,12,13). The molecule has 16 heavy (non-hydrogen) atoms. The van der Waals surface area contributed by atoms with Crippen LogP contribution < -0.4 is 0 Å². The Labute approximate surface area is 96.8 Å². The van der Waals surface area contributed by atoms with Crippen LogP contribution in [0.2, 0.25) is 0 Å². The van der Waals surface area contributed by atoms with Crippen LogP contribution in [-0.2, 0) is 9.53 Å². The smallest absolute Gasteiger partial charge is 0.371 e. The van der Waals surface area contributed by atoms with Gasteiger partial charge in [0.15, 0.2) is 5.09 Å². The Balaban J connectivity index is 2.27. The Morgan fingerprint density at radius 1 is 1.50 bits per heavy atom. The topological polar surface area (TPSA) is 76.7 Å². The highest BCUT2D eigenvalue weighted by Crippen LogP contribution is 2.22. The van der Waals surface area contributed by atoms with Crippen LogP contribution in [0.1, 0.15) is 23.4 Å². The summed E-state index contributed by atoms with van der Waals surface area (Å²) in [5.41, 5.74) is 0. The average Bonchev–Trinajstić information content (AvgIpc) is 2.72. The second-order valence-electron chi connectivity index (χ2n) is 2.95. The second-order valence-corrected chi connectivity index (χ2v) is 4.05. The van der Waals surface area contributed by atoms with Crippen molar-refractivity contribution >= 4 is 23.7 Å². The third-order valence-electron chi connectivity index (χ3n) is 1.79. The van der Waals surface area contributed by atoms with Crippen molar-refractivity contribution in [2.24, 2.45) is 0 Å². The van der Waals surface area contributed by atoms with E-state index in [-0.39, 0.29) is 11.7 Å². The van der Waals surface area contributed by atoms with E-state index in [9.17, 15) is 9.59 Å². The van der Waals surface area contributed by atoms with Crippen LogP contribution >= 0.6 is 11.8 Å². The van der Waals surface area contributed by atoms with Gasteiger partial charge in [-0.25, -0.2) is 4.79 Å². The highest BCUT2D eigenvalue weighted by atomic mass is 32.2. The molecule has 0 unspecified atom stereocenters. The molecule has 0 aliphatic heterocycles. The summed E-state index contributed by atoms with van der Waals surface area (Å²) in [5.74, 6) is -0.718. The molecule has 0 saturated heterocycles. The highest BCUT2D eigenvalue weighted by molar-refractivity contribution is 7.99. The van der Waals surface area contributed by atoms with Crippen molar-refractivity contribution in [2.45, 2.75) is 17.9 Å². The molecule has 0 aliphatic carbocycles. The predicted molar refractivity (Wildman–Crippen MR) is 57.6 cm³/mol. The van der Waals surface area contributed by atoms with Gasteiger partial charge >= 0.3 is 11.9 Å². The lowest BCUT2D eigenvalue weighted by molar-refractivity contribution is -0.140. The SMILES string of the molecule is COC(=O)CCCSc1ccc(C(=O)O)o1. The zero-order chi connectivity index (χ0) is 12.0. The molecule has 0 radical (unpaired) electrons. The van der Waals surface area contributed by atoms with Crippen LogP contribution in [-0.4, -0.2) is 29.9 Å². The zero-order valence-corrected chi connectivity index (χ0v) is 9.58. The van der Waals surface area contributed by atoms with Crippen molar-refractivity contribution in [2.75, 3.05) is 12.9 Å². The molecule has 88 valence electrons. The summed E-state index contributed by atoms with van der Waals surface area (Å²) in [7, 11) is 1.35. The van der Waals surface area contributed by atoms with Gasteiger partial charge in [0.2, 0.25) is 5.76 Å². The van der Waals surface area contributed by atoms with E-state index in [1.165, 1.54) is 24.9 Å². The van der Waals surface area contributed by atoms with Gasteiger partial charge in [0, 0.05) is 12.2 Å². The molecule has 0 atom stereocenters. The lowest BCUT2D eigenvalue weighted by Crippen LogP contribution is -1.99. The van der Waals surface area contributed by atoms with Gasteiger partial charge < -0.3 is 14.3 Å². The molecule has 1 aromatic heterocycles. The minimum absolute atomic E-state index is 0.0736. The molecule has 0 aliphatic rings. The molecule has 0 amide bonds. The molecule has 6 heteroatoms. The number of aromatic carboxylic acids is 1. The summed E-state index contributed by atoms with van der Waals surface area (Å²) in [4.78, 5) is 21.3.